The predicted octanol–water partition coefficient (Wildman–Crippen LogP) is 5.10. The van der Waals surface area contributed by atoms with E-state index in [9.17, 15) is 4.79 Å². The molecule has 1 atom stereocenters. The van der Waals surface area contributed by atoms with E-state index in [0.29, 0.717) is 27.3 Å². The van der Waals surface area contributed by atoms with Gasteiger partial charge in [-0.1, -0.05) is 35.3 Å². The fourth-order valence-corrected chi connectivity index (χ4v) is 2.91. The van der Waals surface area contributed by atoms with Crippen LogP contribution in [0.4, 0.5) is 4.79 Å². The third kappa shape index (κ3) is 4.00. The van der Waals surface area contributed by atoms with Gasteiger partial charge in [0.2, 0.25) is 0 Å². The van der Waals surface area contributed by atoms with Gasteiger partial charge in [-0.15, -0.1) is 0 Å². The largest absolute Gasteiger partial charge is 0.513 e. The lowest BCUT2D eigenvalue weighted by atomic mass is 10.0. The quantitative estimate of drug-likeness (QED) is 0.740. The molecule has 3 rings (SSSR count). The molecule has 0 saturated carbocycles. The van der Waals surface area contributed by atoms with E-state index in [-0.39, 0.29) is 0 Å². The second kappa shape index (κ2) is 7.81. The average Bonchev–Trinajstić information content (AvgIpc) is 2.63. The number of benzene rings is 2. The van der Waals surface area contributed by atoms with Crippen LogP contribution in [-0.4, -0.2) is 19.1 Å². The molecule has 134 valence electrons. The Bertz CT molecular complexity index is 892. The first-order chi connectivity index (χ1) is 12.5. The molecule has 7 heteroatoms. The second-order valence-electron chi connectivity index (χ2n) is 5.61. The number of hydrogen-bond acceptors (Lipinski definition) is 5. The number of carbonyl (C=O) groups is 1. The van der Waals surface area contributed by atoms with Gasteiger partial charge in [0, 0.05) is 15.6 Å². The molecule has 1 aliphatic rings. The monoisotopic (exact) mass is 390 g/mol. The maximum atomic E-state index is 11.7. The lowest BCUT2D eigenvalue weighted by Crippen LogP contribution is -2.31. The summed E-state index contributed by atoms with van der Waals surface area (Å²) in [5.74, 6) is 0.998. The fraction of sp³-hybridized carbons (Fsp3) is 0.158. The van der Waals surface area contributed by atoms with Crippen molar-refractivity contribution in [1.29, 1.82) is 0 Å². The minimum Gasteiger partial charge on any atom is -0.437 e. The zero-order valence-electron chi connectivity index (χ0n) is 14.1. The maximum absolute atomic E-state index is 11.7. The first kappa shape index (κ1) is 18.3. The zero-order chi connectivity index (χ0) is 18.7. The number of halogens is 2. The van der Waals surface area contributed by atoms with Crippen molar-refractivity contribution in [3.8, 4) is 0 Å². The van der Waals surface area contributed by atoms with E-state index in [1.807, 2.05) is 24.3 Å². The normalized spacial score (nSPS) is 16.6. The molecule has 2 aromatic rings. The smallest absolute Gasteiger partial charge is 0.437 e. The summed E-state index contributed by atoms with van der Waals surface area (Å²) in [6, 6.07) is 14.0. The highest BCUT2D eigenvalue weighted by molar-refractivity contribution is 6.31. The molecule has 0 aliphatic carbocycles. The van der Waals surface area contributed by atoms with Crippen molar-refractivity contribution in [3.63, 3.8) is 0 Å². The van der Waals surface area contributed by atoms with Gasteiger partial charge < -0.3 is 14.8 Å². The highest BCUT2D eigenvalue weighted by Gasteiger charge is 2.28. The first-order valence-electron chi connectivity index (χ1n) is 7.80. The molecule has 2 aromatic carbocycles. The van der Waals surface area contributed by atoms with Gasteiger partial charge in [-0.3, -0.25) is 4.99 Å². The van der Waals surface area contributed by atoms with Crippen molar-refractivity contribution >= 4 is 35.2 Å². The molecular formula is C19H16Cl2N2O3. The molecule has 0 amide bonds. The van der Waals surface area contributed by atoms with Crippen molar-refractivity contribution in [1.82, 2.24) is 5.32 Å². The van der Waals surface area contributed by atoms with Crippen LogP contribution in [0.3, 0.4) is 0 Å². The summed E-state index contributed by atoms with van der Waals surface area (Å²) >= 11 is 12.1. The third-order valence-corrected chi connectivity index (χ3v) is 4.31. The van der Waals surface area contributed by atoms with Gasteiger partial charge in [0.1, 0.15) is 11.9 Å². The summed E-state index contributed by atoms with van der Waals surface area (Å²) in [6.07, 6.45) is -0.807. The van der Waals surface area contributed by atoms with Crippen molar-refractivity contribution in [3.05, 3.63) is 81.2 Å². The molecule has 0 spiro atoms. The summed E-state index contributed by atoms with van der Waals surface area (Å²) in [4.78, 5) is 16.4. The van der Waals surface area contributed by atoms with Crippen LogP contribution in [0, 0.1) is 0 Å². The van der Waals surface area contributed by atoms with Crippen LogP contribution in [0.15, 0.2) is 65.0 Å². The number of amidine groups is 1. The van der Waals surface area contributed by atoms with Crippen LogP contribution in [-0.2, 0) is 9.47 Å². The third-order valence-electron chi connectivity index (χ3n) is 3.82. The van der Waals surface area contributed by atoms with Gasteiger partial charge in [0.15, 0.2) is 5.76 Å². The van der Waals surface area contributed by atoms with Crippen LogP contribution in [0.5, 0.6) is 0 Å². The molecule has 0 bridgehead atoms. The van der Waals surface area contributed by atoms with E-state index in [2.05, 4.69) is 10.1 Å². The van der Waals surface area contributed by atoms with Crippen LogP contribution in [0.1, 0.15) is 24.1 Å². The Kier molecular flexibility index (Phi) is 5.49. The van der Waals surface area contributed by atoms with E-state index in [4.69, 9.17) is 32.9 Å². The highest BCUT2D eigenvalue weighted by Crippen LogP contribution is 2.33. The Morgan fingerprint density at radius 2 is 1.85 bits per heavy atom. The number of nitrogens with zero attached hydrogens (tertiary/aromatic N) is 1. The minimum absolute atomic E-state index is 0.358. The van der Waals surface area contributed by atoms with Crippen molar-refractivity contribution in [2.75, 3.05) is 7.11 Å². The molecular weight excluding hydrogens is 375 g/mol. The molecule has 0 aromatic heterocycles. The Morgan fingerprint density at radius 3 is 2.50 bits per heavy atom. The van der Waals surface area contributed by atoms with Crippen LogP contribution >= 0.6 is 23.2 Å². The van der Waals surface area contributed by atoms with Gasteiger partial charge >= 0.3 is 6.16 Å². The Hall–Kier alpha value is -2.50. The van der Waals surface area contributed by atoms with E-state index >= 15 is 0 Å². The molecule has 26 heavy (non-hydrogen) atoms. The van der Waals surface area contributed by atoms with Gasteiger partial charge in [-0.05, 0) is 48.9 Å². The van der Waals surface area contributed by atoms with Gasteiger partial charge in [-0.25, -0.2) is 4.79 Å². The van der Waals surface area contributed by atoms with Crippen LogP contribution in [0.2, 0.25) is 10.0 Å². The molecule has 1 aliphatic heterocycles. The molecule has 1 heterocycles. The number of rotatable bonds is 3. The molecule has 5 nitrogen and oxygen atoms in total. The number of methoxy groups -OCH3 is 1. The van der Waals surface area contributed by atoms with Gasteiger partial charge in [-0.2, -0.15) is 0 Å². The summed E-state index contributed by atoms with van der Waals surface area (Å²) in [5, 5.41) is 4.37. The number of nitrogens with one attached hydrogen (secondary N) is 1. The number of allylic oxidation sites excluding steroid dienone is 1. The highest BCUT2D eigenvalue weighted by atomic mass is 35.5. The minimum atomic E-state index is -0.807. The molecule has 0 saturated heterocycles. The summed E-state index contributed by atoms with van der Waals surface area (Å²) in [7, 11) is 1.26. The summed E-state index contributed by atoms with van der Waals surface area (Å²) in [6.45, 7) is 1.81. The number of hydrogen-bond donors (Lipinski definition) is 1. The standard InChI is InChI=1S/C19H16Cl2N2O3/c1-11-17(26-19(24)25-2)16(13-4-3-5-15(21)10-13)23-18(22-11)12-6-8-14(20)9-7-12/h3-10,16H,1-2H3,(H,22,23). The fourth-order valence-electron chi connectivity index (χ4n) is 2.59. The van der Waals surface area contributed by atoms with E-state index < -0.39 is 12.2 Å². The van der Waals surface area contributed by atoms with Crippen LogP contribution in [0.25, 0.3) is 0 Å². The number of carbonyl (C=O) groups excluding carboxylic acids is 1. The summed E-state index contributed by atoms with van der Waals surface area (Å²) in [5.41, 5.74) is 2.31. The first-order valence-corrected chi connectivity index (χ1v) is 8.56. The van der Waals surface area contributed by atoms with E-state index in [1.165, 1.54) is 7.11 Å². The van der Waals surface area contributed by atoms with Gasteiger partial charge in [0.05, 0.1) is 12.8 Å². The Balaban J connectivity index is 2.05. The van der Waals surface area contributed by atoms with Crippen LogP contribution < -0.4 is 5.32 Å². The maximum Gasteiger partial charge on any atom is 0.513 e. The van der Waals surface area contributed by atoms with Crippen molar-refractivity contribution in [2.24, 2.45) is 4.99 Å². The topological polar surface area (TPSA) is 59.9 Å². The molecule has 1 unspecified atom stereocenters. The SMILES string of the molecule is COC(=O)OC1=C(C)NC(c2ccc(Cl)cc2)=NC1c1cccc(Cl)c1. The molecule has 0 radical (unpaired) electrons. The summed E-state index contributed by atoms with van der Waals surface area (Å²) < 4.78 is 9.97. The lowest BCUT2D eigenvalue weighted by molar-refractivity contribution is 0.0913. The Labute approximate surface area is 161 Å². The Morgan fingerprint density at radius 1 is 1.12 bits per heavy atom. The predicted molar refractivity (Wildman–Crippen MR) is 102 cm³/mol. The zero-order valence-corrected chi connectivity index (χ0v) is 15.6. The molecule has 1 N–H and O–H groups in total. The average molecular weight is 391 g/mol. The van der Waals surface area contributed by atoms with Gasteiger partial charge in [0.25, 0.3) is 0 Å². The second-order valence-corrected chi connectivity index (χ2v) is 6.49. The van der Waals surface area contributed by atoms with E-state index in [0.717, 1.165) is 11.1 Å². The number of aliphatic imine (C=N–C) groups is 1. The van der Waals surface area contributed by atoms with Crippen molar-refractivity contribution in [2.45, 2.75) is 13.0 Å². The lowest BCUT2D eigenvalue weighted by Gasteiger charge is -2.26. The molecule has 0 fully saturated rings. The van der Waals surface area contributed by atoms with E-state index in [1.54, 1.807) is 31.2 Å². The number of ether oxygens (including phenoxy) is 2. The van der Waals surface area contributed by atoms with Crippen molar-refractivity contribution < 1.29 is 14.3 Å².